The van der Waals surface area contributed by atoms with Crippen molar-refractivity contribution in [1.82, 2.24) is 9.13 Å². The third-order valence-corrected chi connectivity index (χ3v) is 13.6. The highest BCUT2D eigenvalue weighted by Crippen LogP contribution is 2.48. The van der Waals surface area contributed by atoms with E-state index in [1.54, 1.807) is 0 Å². The first-order chi connectivity index (χ1) is 30.7. The molecule has 286 valence electrons. The molecule has 2 heterocycles. The maximum atomic E-state index is 2.49. The maximum absolute atomic E-state index is 2.49. The van der Waals surface area contributed by atoms with E-state index in [0.717, 1.165) is 5.69 Å². The summed E-state index contributed by atoms with van der Waals surface area (Å²) >= 11 is 0. The molecule has 0 spiro atoms. The fourth-order valence-electron chi connectivity index (χ4n) is 10.8. The van der Waals surface area contributed by atoms with E-state index in [1.807, 2.05) is 0 Å². The zero-order valence-corrected chi connectivity index (χ0v) is 33.7. The van der Waals surface area contributed by atoms with Crippen LogP contribution in [0.1, 0.15) is 0 Å². The van der Waals surface area contributed by atoms with E-state index in [-0.39, 0.29) is 0 Å². The zero-order chi connectivity index (χ0) is 40.5. The van der Waals surface area contributed by atoms with Crippen LogP contribution in [0.25, 0.3) is 132 Å². The summed E-state index contributed by atoms with van der Waals surface area (Å²) < 4.78 is 4.91. The van der Waals surface area contributed by atoms with Gasteiger partial charge in [-0.3, -0.25) is 0 Å². The summed E-state index contributed by atoms with van der Waals surface area (Å²) in [5, 5.41) is 12.6. The number of benzene rings is 11. The molecule has 0 saturated heterocycles. The second-order valence-electron chi connectivity index (χ2n) is 16.9. The number of rotatable bonds is 4. The first-order valence-electron chi connectivity index (χ1n) is 21.5. The lowest BCUT2D eigenvalue weighted by atomic mass is 9.97. The number of hydrogen-bond acceptors (Lipinski definition) is 0. The third kappa shape index (κ3) is 4.75. The van der Waals surface area contributed by atoms with E-state index in [2.05, 4.69) is 228 Å². The molecule has 0 fully saturated rings. The summed E-state index contributed by atoms with van der Waals surface area (Å²) in [6.07, 6.45) is 0. The normalized spacial score (nSPS) is 12.2. The van der Waals surface area contributed by atoms with Crippen molar-refractivity contribution < 1.29 is 0 Å². The van der Waals surface area contributed by atoms with Crippen LogP contribution in [0, 0.1) is 0 Å². The monoisotopic (exact) mass is 784 g/mol. The van der Waals surface area contributed by atoms with Crippen molar-refractivity contribution in [2.24, 2.45) is 0 Å². The van der Waals surface area contributed by atoms with Crippen molar-refractivity contribution in [3.8, 4) is 55.9 Å². The molecular formula is C60H36N2. The summed E-state index contributed by atoms with van der Waals surface area (Å²) in [6, 6.07) is 81.1. The van der Waals surface area contributed by atoms with Crippen molar-refractivity contribution in [3.63, 3.8) is 0 Å². The lowest BCUT2D eigenvalue weighted by molar-refractivity contribution is 1.19. The van der Waals surface area contributed by atoms with Gasteiger partial charge in [0.05, 0.1) is 22.1 Å². The molecule has 0 saturated carbocycles. The Bertz CT molecular complexity index is 4040. The topological polar surface area (TPSA) is 9.86 Å². The predicted octanol–water partition coefficient (Wildman–Crippen LogP) is 16.3. The Labute approximate surface area is 357 Å². The molecule has 0 unspecified atom stereocenters. The second-order valence-corrected chi connectivity index (χ2v) is 16.9. The fourth-order valence-corrected chi connectivity index (χ4v) is 10.8. The Morgan fingerprint density at radius 3 is 1.66 bits per heavy atom. The van der Waals surface area contributed by atoms with E-state index >= 15 is 0 Å². The van der Waals surface area contributed by atoms with Gasteiger partial charge in [-0.05, 0) is 132 Å². The van der Waals surface area contributed by atoms with Gasteiger partial charge < -0.3 is 9.13 Å². The predicted molar refractivity (Wildman–Crippen MR) is 263 cm³/mol. The van der Waals surface area contributed by atoms with E-state index in [4.69, 9.17) is 0 Å². The average molecular weight is 785 g/mol. The van der Waals surface area contributed by atoms with E-state index in [1.165, 1.54) is 126 Å². The lowest BCUT2D eigenvalue weighted by Gasteiger charge is -2.13. The summed E-state index contributed by atoms with van der Waals surface area (Å²) in [5.74, 6) is 0. The molecule has 2 nitrogen and oxygen atoms in total. The van der Waals surface area contributed by atoms with Crippen LogP contribution in [0.15, 0.2) is 218 Å². The van der Waals surface area contributed by atoms with Gasteiger partial charge in [-0.1, -0.05) is 158 Å². The molecule has 0 aliphatic heterocycles. The molecule has 11 aromatic carbocycles. The Morgan fingerprint density at radius 1 is 0.242 bits per heavy atom. The standard InChI is InChI=1S/C60H36N2/c1-2-12-40-32-46(27-22-37(40)10-1)61-56-21-6-5-18-49(56)54-35-43(25-30-57(54)61)44-26-31-58-55(36-44)52-29-23-38-11-3-4-17-47(38)60(52)62(58)45-16-7-15-41(33-45)42-24-28-48-50-19-8-13-39-14-9-20-51(59(39)50)53(48)34-42/h1-36H. The van der Waals surface area contributed by atoms with Crippen molar-refractivity contribution >= 4 is 75.9 Å². The molecule has 13 aromatic rings. The van der Waals surface area contributed by atoms with Gasteiger partial charge in [-0.25, -0.2) is 0 Å². The molecular weight excluding hydrogens is 749 g/mol. The van der Waals surface area contributed by atoms with Crippen LogP contribution in [-0.4, -0.2) is 9.13 Å². The number of fused-ring (bicyclic) bond motifs is 12. The number of para-hydroxylation sites is 1. The zero-order valence-electron chi connectivity index (χ0n) is 33.7. The van der Waals surface area contributed by atoms with E-state index < -0.39 is 0 Å². The van der Waals surface area contributed by atoms with Crippen LogP contribution in [-0.2, 0) is 0 Å². The molecule has 2 heteroatoms. The maximum Gasteiger partial charge on any atom is 0.0619 e. The number of aromatic nitrogens is 2. The quantitative estimate of drug-likeness (QED) is 0.168. The Kier molecular flexibility index (Phi) is 6.86. The van der Waals surface area contributed by atoms with E-state index in [9.17, 15) is 0 Å². The highest BCUT2D eigenvalue weighted by Gasteiger charge is 2.22. The third-order valence-electron chi connectivity index (χ3n) is 13.6. The van der Waals surface area contributed by atoms with Crippen molar-refractivity contribution in [3.05, 3.63) is 218 Å². The smallest absolute Gasteiger partial charge is 0.0619 e. The van der Waals surface area contributed by atoms with Gasteiger partial charge in [-0.15, -0.1) is 0 Å². The Morgan fingerprint density at radius 2 is 0.823 bits per heavy atom. The molecule has 0 amide bonds. The van der Waals surface area contributed by atoms with Crippen molar-refractivity contribution in [2.75, 3.05) is 0 Å². The summed E-state index contributed by atoms with van der Waals surface area (Å²) in [7, 11) is 0. The van der Waals surface area contributed by atoms with Crippen LogP contribution in [0.2, 0.25) is 0 Å². The molecule has 1 aliphatic rings. The minimum absolute atomic E-state index is 1.15. The SMILES string of the molecule is c1cc(-c2ccc3c(c2)-c2cccc4cccc-3c24)cc(-n2c3ccc(-c4ccc5c(c4)c4ccccc4n5-c4ccc5ccccc5c4)cc3c3ccc4ccccc4c32)c1. The number of hydrogen-bond donors (Lipinski definition) is 0. The van der Waals surface area contributed by atoms with Crippen LogP contribution < -0.4 is 0 Å². The molecule has 14 rings (SSSR count). The lowest BCUT2D eigenvalue weighted by Crippen LogP contribution is -1.95. The molecule has 0 bridgehead atoms. The van der Waals surface area contributed by atoms with Crippen molar-refractivity contribution in [2.45, 2.75) is 0 Å². The molecule has 0 N–H and O–H groups in total. The first-order valence-corrected chi connectivity index (χ1v) is 21.5. The molecule has 0 radical (unpaired) electrons. The minimum atomic E-state index is 1.15. The summed E-state index contributed by atoms with van der Waals surface area (Å²) in [5.41, 5.74) is 17.3. The fraction of sp³-hybridized carbons (Fsp3) is 0. The van der Waals surface area contributed by atoms with Crippen molar-refractivity contribution in [1.29, 1.82) is 0 Å². The van der Waals surface area contributed by atoms with Gasteiger partial charge in [-0.2, -0.15) is 0 Å². The van der Waals surface area contributed by atoms with Gasteiger partial charge >= 0.3 is 0 Å². The molecule has 0 atom stereocenters. The van der Waals surface area contributed by atoms with Crippen LogP contribution in [0.5, 0.6) is 0 Å². The van der Waals surface area contributed by atoms with Gasteiger partial charge in [0.2, 0.25) is 0 Å². The average Bonchev–Trinajstić information content (AvgIpc) is 3.97. The van der Waals surface area contributed by atoms with Gasteiger partial charge in [0.25, 0.3) is 0 Å². The molecule has 2 aromatic heterocycles. The first kappa shape index (κ1) is 33.6. The molecule has 1 aliphatic carbocycles. The summed E-state index contributed by atoms with van der Waals surface area (Å²) in [4.78, 5) is 0. The van der Waals surface area contributed by atoms with Gasteiger partial charge in [0.1, 0.15) is 0 Å². The Balaban J connectivity index is 0.933. The van der Waals surface area contributed by atoms with Crippen LogP contribution >= 0.6 is 0 Å². The van der Waals surface area contributed by atoms with Crippen LogP contribution in [0.3, 0.4) is 0 Å². The largest absolute Gasteiger partial charge is 0.309 e. The minimum Gasteiger partial charge on any atom is -0.309 e. The molecule has 62 heavy (non-hydrogen) atoms. The van der Waals surface area contributed by atoms with Gasteiger partial charge in [0, 0.05) is 38.3 Å². The van der Waals surface area contributed by atoms with Crippen LogP contribution in [0.4, 0.5) is 0 Å². The van der Waals surface area contributed by atoms with E-state index in [0.29, 0.717) is 0 Å². The summed E-state index contributed by atoms with van der Waals surface area (Å²) in [6.45, 7) is 0. The van der Waals surface area contributed by atoms with Gasteiger partial charge in [0.15, 0.2) is 0 Å². The highest BCUT2D eigenvalue weighted by atomic mass is 15.0. The number of nitrogens with zero attached hydrogens (tertiary/aromatic N) is 2. The highest BCUT2D eigenvalue weighted by molar-refractivity contribution is 6.20. The Hall–Kier alpha value is -8.20. The second kappa shape index (κ2) is 12.7.